The molecule has 2 amide bonds. The number of nitrogens with one attached hydrogen (secondary N) is 2. The van der Waals surface area contributed by atoms with Gasteiger partial charge in [0.25, 0.3) is 0 Å². The monoisotopic (exact) mass is 546 g/mol. The molecule has 0 saturated carbocycles. The summed E-state index contributed by atoms with van der Waals surface area (Å²) in [5.74, 6) is -0.172. The van der Waals surface area contributed by atoms with Gasteiger partial charge in [-0.25, -0.2) is 13.2 Å². The van der Waals surface area contributed by atoms with Crippen molar-refractivity contribution < 1.29 is 18.0 Å². The zero-order valence-corrected chi connectivity index (χ0v) is 22.7. The number of ketones is 1. The molecule has 4 rings (SSSR count). The van der Waals surface area contributed by atoms with Crippen LogP contribution < -0.4 is 10.6 Å². The smallest absolute Gasteiger partial charge is 0.319 e. The van der Waals surface area contributed by atoms with E-state index in [1.807, 2.05) is 54.8 Å². The van der Waals surface area contributed by atoms with Gasteiger partial charge < -0.3 is 10.6 Å². The predicted molar refractivity (Wildman–Crippen MR) is 152 cm³/mol. The first-order chi connectivity index (χ1) is 18.3. The van der Waals surface area contributed by atoms with Gasteiger partial charge in [-0.3, -0.25) is 4.79 Å². The van der Waals surface area contributed by atoms with E-state index in [-0.39, 0.29) is 16.4 Å². The van der Waals surface area contributed by atoms with Crippen LogP contribution >= 0.6 is 11.3 Å². The summed E-state index contributed by atoms with van der Waals surface area (Å²) in [5.41, 5.74) is 3.07. The minimum atomic E-state index is -3.48. The van der Waals surface area contributed by atoms with Crippen molar-refractivity contribution in [3.05, 3.63) is 118 Å². The van der Waals surface area contributed by atoms with Gasteiger partial charge in [0.15, 0.2) is 15.6 Å². The van der Waals surface area contributed by atoms with Crippen molar-refractivity contribution >= 4 is 38.7 Å². The largest absolute Gasteiger partial charge is 0.328 e. The number of anilines is 1. The second kappa shape index (κ2) is 12.7. The Labute approximate surface area is 227 Å². The number of benzene rings is 3. The van der Waals surface area contributed by atoms with Crippen molar-refractivity contribution in [2.75, 3.05) is 5.32 Å². The second-order valence-corrected chi connectivity index (χ2v) is 12.2. The Kier molecular flexibility index (Phi) is 9.10. The molecule has 0 aliphatic carbocycles. The van der Waals surface area contributed by atoms with Gasteiger partial charge in [-0.05, 0) is 66.6 Å². The van der Waals surface area contributed by atoms with E-state index in [1.54, 1.807) is 59.9 Å². The Morgan fingerprint density at radius 1 is 0.842 bits per heavy atom. The molecule has 1 atom stereocenters. The van der Waals surface area contributed by atoms with Gasteiger partial charge >= 0.3 is 6.03 Å². The lowest BCUT2D eigenvalue weighted by Gasteiger charge is -2.18. The highest BCUT2D eigenvalue weighted by Crippen LogP contribution is 2.19. The van der Waals surface area contributed by atoms with E-state index in [1.165, 1.54) is 0 Å². The van der Waals surface area contributed by atoms with Crippen LogP contribution in [0.15, 0.2) is 101 Å². The number of hydrogen-bond acceptors (Lipinski definition) is 5. The quantitative estimate of drug-likeness (QED) is 0.243. The highest BCUT2D eigenvalue weighted by Gasteiger charge is 2.21. The molecule has 8 heteroatoms. The maximum Gasteiger partial charge on any atom is 0.319 e. The average molecular weight is 547 g/mol. The van der Waals surface area contributed by atoms with Crippen molar-refractivity contribution in [3.63, 3.8) is 0 Å². The van der Waals surface area contributed by atoms with Crippen molar-refractivity contribution in [2.24, 2.45) is 0 Å². The lowest BCUT2D eigenvalue weighted by atomic mass is 9.99. The van der Waals surface area contributed by atoms with E-state index < -0.39 is 21.9 Å². The molecule has 38 heavy (non-hydrogen) atoms. The summed E-state index contributed by atoms with van der Waals surface area (Å²) in [6.45, 7) is 1.91. The fourth-order valence-electron chi connectivity index (χ4n) is 4.03. The Bertz CT molecular complexity index is 1450. The summed E-state index contributed by atoms with van der Waals surface area (Å²) < 4.78 is 25.5. The maximum absolute atomic E-state index is 13.0. The molecule has 6 nitrogen and oxygen atoms in total. The van der Waals surface area contributed by atoms with Crippen molar-refractivity contribution in [3.8, 4) is 0 Å². The molecular weight excluding hydrogens is 516 g/mol. The van der Waals surface area contributed by atoms with Crippen molar-refractivity contribution in [1.29, 1.82) is 0 Å². The number of urea groups is 1. The number of carbonyl (C=O) groups excluding carboxylic acids is 2. The molecule has 2 N–H and O–H groups in total. The number of rotatable bonds is 11. The molecule has 0 saturated heterocycles. The molecule has 0 fully saturated rings. The van der Waals surface area contributed by atoms with Crippen molar-refractivity contribution in [2.45, 2.75) is 42.9 Å². The molecule has 0 bridgehead atoms. The van der Waals surface area contributed by atoms with Gasteiger partial charge in [0.1, 0.15) is 0 Å². The third-order valence-electron chi connectivity index (χ3n) is 6.12. The van der Waals surface area contributed by atoms with Crippen molar-refractivity contribution in [1.82, 2.24) is 5.32 Å². The number of hydrogen-bond donors (Lipinski definition) is 2. The molecule has 0 aliphatic heterocycles. The van der Waals surface area contributed by atoms with E-state index in [4.69, 9.17) is 0 Å². The summed E-state index contributed by atoms with van der Waals surface area (Å²) in [5, 5.41) is 7.57. The predicted octanol–water partition coefficient (Wildman–Crippen LogP) is 5.97. The molecule has 1 heterocycles. The Morgan fingerprint density at radius 3 is 2.21 bits per heavy atom. The molecule has 1 aromatic heterocycles. The van der Waals surface area contributed by atoms with Crippen LogP contribution in [0, 0.1) is 6.92 Å². The Balaban J connectivity index is 1.37. The summed E-state index contributed by atoms with van der Waals surface area (Å²) in [4.78, 5) is 27.3. The Hall–Kier alpha value is -3.75. The van der Waals surface area contributed by atoms with E-state index in [0.29, 0.717) is 30.5 Å². The van der Waals surface area contributed by atoms with Gasteiger partial charge in [0.2, 0.25) is 0 Å². The first kappa shape index (κ1) is 27.3. The van der Waals surface area contributed by atoms with Crippen LogP contribution in [0.5, 0.6) is 0 Å². The third kappa shape index (κ3) is 7.87. The van der Waals surface area contributed by atoms with Gasteiger partial charge in [-0.15, -0.1) is 11.3 Å². The van der Waals surface area contributed by atoms with Crippen LogP contribution in [0.2, 0.25) is 0 Å². The standard InChI is InChI=1S/C30H30N2O4S2/c1-22-9-16-27(17-10-22)38(35,36)21-24-11-13-25(14-12-24)31-30(34)32-28(20-23-6-3-2-4-7-23)29(33)18-15-26-8-5-19-37-26/h2-14,16-17,19,28H,15,18,20-21H2,1H3,(H2,31,32,34)/t28-/m1/s1. The minimum absolute atomic E-state index is 0.0333. The van der Waals surface area contributed by atoms with E-state index in [0.717, 1.165) is 16.0 Å². The van der Waals surface area contributed by atoms with Crippen LogP contribution in [-0.4, -0.2) is 26.3 Å². The summed E-state index contributed by atoms with van der Waals surface area (Å²) in [6, 6.07) is 25.8. The number of amides is 2. The highest BCUT2D eigenvalue weighted by molar-refractivity contribution is 7.90. The first-order valence-corrected chi connectivity index (χ1v) is 14.9. The molecule has 3 aromatic carbocycles. The molecule has 4 aromatic rings. The van der Waals surface area contributed by atoms with Gasteiger partial charge in [-0.2, -0.15) is 0 Å². The van der Waals surface area contributed by atoms with Gasteiger partial charge in [0.05, 0.1) is 16.7 Å². The van der Waals surface area contributed by atoms with Crippen LogP contribution in [0.3, 0.4) is 0 Å². The summed E-state index contributed by atoms with van der Waals surface area (Å²) >= 11 is 1.61. The SMILES string of the molecule is Cc1ccc(S(=O)(=O)Cc2ccc(NC(=O)N[C@H](Cc3ccccc3)C(=O)CCc3cccs3)cc2)cc1. The van der Waals surface area contributed by atoms with Crippen LogP contribution in [0.25, 0.3) is 0 Å². The minimum Gasteiger partial charge on any atom is -0.328 e. The van der Waals surface area contributed by atoms with E-state index in [9.17, 15) is 18.0 Å². The zero-order chi connectivity index (χ0) is 27.0. The lowest BCUT2D eigenvalue weighted by molar-refractivity contribution is -0.120. The number of sulfone groups is 1. The van der Waals surface area contributed by atoms with Crippen LogP contribution in [-0.2, 0) is 33.2 Å². The Morgan fingerprint density at radius 2 is 1.55 bits per heavy atom. The third-order valence-corrected chi connectivity index (χ3v) is 8.76. The molecule has 0 spiro atoms. The average Bonchev–Trinajstić information content (AvgIpc) is 3.42. The molecule has 0 radical (unpaired) electrons. The van der Waals surface area contributed by atoms with E-state index in [2.05, 4.69) is 10.6 Å². The maximum atomic E-state index is 13.0. The molecular formula is C30H30N2O4S2. The number of thiophene rings is 1. The molecule has 0 unspecified atom stereocenters. The fourth-order valence-corrected chi connectivity index (χ4v) is 6.09. The summed E-state index contributed by atoms with van der Waals surface area (Å²) in [7, 11) is -3.48. The molecule has 0 aliphatic rings. The van der Waals surface area contributed by atoms with Crippen LogP contribution in [0.1, 0.15) is 28.0 Å². The highest BCUT2D eigenvalue weighted by atomic mass is 32.2. The fraction of sp³-hybridized carbons (Fsp3) is 0.200. The van der Waals surface area contributed by atoms with Gasteiger partial charge in [0, 0.05) is 17.0 Å². The number of Topliss-reactive ketones (excluding diaryl/α,β-unsaturated/α-hetero) is 1. The number of carbonyl (C=O) groups is 2. The summed E-state index contributed by atoms with van der Waals surface area (Å²) in [6.07, 6.45) is 1.37. The first-order valence-electron chi connectivity index (χ1n) is 12.3. The zero-order valence-electron chi connectivity index (χ0n) is 21.1. The number of aryl methyl sites for hydroxylation is 2. The lowest BCUT2D eigenvalue weighted by Crippen LogP contribution is -2.44. The molecule has 196 valence electrons. The second-order valence-electron chi connectivity index (χ2n) is 9.16. The normalized spacial score (nSPS) is 12.0. The van der Waals surface area contributed by atoms with E-state index >= 15 is 0 Å². The van der Waals surface area contributed by atoms with Gasteiger partial charge in [-0.1, -0.05) is 66.2 Å². The van der Waals surface area contributed by atoms with Crippen LogP contribution in [0.4, 0.5) is 10.5 Å². The topological polar surface area (TPSA) is 92.3 Å².